The quantitative estimate of drug-likeness (QED) is 0.811. The summed E-state index contributed by atoms with van der Waals surface area (Å²) >= 11 is 0. The predicted molar refractivity (Wildman–Crippen MR) is 81.5 cm³/mol. The highest BCUT2D eigenvalue weighted by atomic mass is 19.4. The minimum Gasteiger partial charge on any atom is -0.288 e. The Labute approximate surface area is 135 Å². The van der Waals surface area contributed by atoms with Crippen molar-refractivity contribution in [3.63, 3.8) is 0 Å². The van der Waals surface area contributed by atoms with E-state index in [2.05, 4.69) is 5.10 Å². The summed E-state index contributed by atoms with van der Waals surface area (Å²) in [7, 11) is 0. The third kappa shape index (κ3) is 2.80. The molecule has 2 aromatic rings. The van der Waals surface area contributed by atoms with Crippen LogP contribution in [0.5, 0.6) is 0 Å². The molecule has 0 bridgehead atoms. The zero-order valence-electron chi connectivity index (χ0n) is 12.2. The van der Waals surface area contributed by atoms with Gasteiger partial charge in [0.25, 0.3) is 11.7 Å². The van der Waals surface area contributed by atoms with E-state index in [1.54, 1.807) is 36.4 Å². The van der Waals surface area contributed by atoms with Crippen molar-refractivity contribution in [2.24, 2.45) is 11.0 Å². The molecule has 1 aliphatic heterocycles. The molecule has 0 saturated carbocycles. The molecule has 0 N–H and O–H groups in total. The molecule has 0 aromatic heterocycles. The fourth-order valence-corrected chi connectivity index (χ4v) is 2.44. The predicted octanol–water partition coefficient (Wildman–Crippen LogP) is 3.19. The van der Waals surface area contributed by atoms with E-state index in [1.165, 1.54) is 24.3 Å². The van der Waals surface area contributed by atoms with Gasteiger partial charge in [0, 0.05) is 0 Å². The molecular weight excluding hydrogens is 321 g/mol. The van der Waals surface area contributed by atoms with Crippen LogP contribution in [-0.2, 0) is 9.59 Å². The molecule has 1 aliphatic rings. The molecule has 0 spiro atoms. The standard InChI is InChI=1S/C17H11F3N2O2/c18-17(19,20)15(23)13-14(11-7-3-1-4-8-11)21-22(16(13)24)12-9-5-2-6-10-12/h1-10,13H. The van der Waals surface area contributed by atoms with Crippen LogP contribution in [0, 0.1) is 5.92 Å². The molecule has 1 unspecified atom stereocenters. The smallest absolute Gasteiger partial charge is 0.288 e. The maximum absolute atomic E-state index is 12.9. The molecule has 7 heteroatoms. The summed E-state index contributed by atoms with van der Waals surface area (Å²) in [5.74, 6) is -5.12. The summed E-state index contributed by atoms with van der Waals surface area (Å²) < 4.78 is 38.8. The highest BCUT2D eigenvalue weighted by Crippen LogP contribution is 2.31. The van der Waals surface area contributed by atoms with Gasteiger partial charge in [0.15, 0.2) is 5.92 Å². The second kappa shape index (κ2) is 5.92. The van der Waals surface area contributed by atoms with Crippen molar-refractivity contribution < 1.29 is 22.8 Å². The SMILES string of the molecule is O=C1C(C(=O)C(F)(F)F)C(c2ccccc2)=NN1c1ccccc1. The molecule has 1 atom stereocenters. The Morgan fingerprint density at radius 2 is 1.50 bits per heavy atom. The number of hydrogen-bond donors (Lipinski definition) is 0. The van der Waals surface area contributed by atoms with Gasteiger partial charge >= 0.3 is 6.18 Å². The van der Waals surface area contributed by atoms with E-state index in [0.29, 0.717) is 11.3 Å². The van der Waals surface area contributed by atoms with Crippen LogP contribution in [0.4, 0.5) is 18.9 Å². The van der Waals surface area contributed by atoms with Gasteiger partial charge in [-0.3, -0.25) is 9.59 Å². The Hall–Kier alpha value is -2.96. The van der Waals surface area contributed by atoms with Crippen LogP contribution >= 0.6 is 0 Å². The highest BCUT2D eigenvalue weighted by Gasteiger charge is 2.52. The lowest BCUT2D eigenvalue weighted by Gasteiger charge is -2.15. The lowest BCUT2D eigenvalue weighted by Crippen LogP contribution is -2.40. The Balaban J connectivity index is 2.09. The van der Waals surface area contributed by atoms with Crippen LogP contribution in [-0.4, -0.2) is 23.6 Å². The summed E-state index contributed by atoms with van der Waals surface area (Å²) in [6, 6.07) is 15.9. The number of alkyl halides is 3. The summed E-state index contributed by atoms with van der Waals surface area (Å²) in [6.45, 7) is 0. The maximum atomic E-state index is 12.9. The van der Waals surface area contributed by atoms with E-state index >= 15 is 0 Å². The van der Waals surface area contributed by atoms with Crippen molar-refractivity contribution in [2.45, 2.75) is 6.18 Å². The summed E-state index contributed by atoms with van der Waals surface area (Å²) in [4.78, 5) is 24.3. The minimum atomic E-state index is -5.12. The minimum absolute atomic E-state index is 0.202. The molecule has 0 saturated heterocycles. The normalized spacial score (nSPS) is 17.8. The number of Topliss-reactive ketones (excluding diaryl/α,β-unsaturated/α-hetero) is 1. The van der Waals surface area contributed by atoms with Gasteiger partial charge < -0.3 is 0 Å². The van der Waals surface area contributed by atoms with Crippen LogP contribution in [0.15, 0.2) is 65.8 Å². The first kappa shape index (κ1) is 15.9. The number of rotatable bonds is 3. The number of ketones is 1. The summed E-state index contributed by atoms with van der Waals surface area (Å²) in [6.07, 6.45) is -5.12. The first-order valence-corrected chi connectivity index (χ1v) is 7.03. The van der Waals surface area contributed by atoms with Crippen LogP contribution in [0.25, 0.3) is 0 Å². The Bertz CT molecular complexity index is 802. The third-order valence-corrected chi connectivity index (χ3v) is 3.55. The Kier molecular flexibility index (Phi) is 3.92. The Morgan fingerprint density at radius 3 is 2.04 bits per heavy atom. The van der Waals surface area contributed by atoms with Crippen molar-refractivity contribution in [1.29, 1.82) is 0 Å². The fourth-order valence-electron chi connectivity index (χ4n) is 2.44. The zero-order chi connectivity index (χ0) is 17.3. The number of anilines is 1. The largest absolute Gasteiger partial charge is 0.451 e. The van der Waals surface area contributed by atoms with Gasteiger partial charge in [-0.15, -0.1) is 0 Å². The van der Waals surface area contributed by atoms with Gasteiger partial charge in [-0.2, -0.15) is 23.3 Å². The van der Waals surface area contributed by atoms with Crippen LogP contribution in [0.2, 0.25) is 0 Å². The molecule has 4 nitrogen and oxygen atoms in total. The van der Waals surface area contributed by atoms with Crippen LogP contribution in [0.1, 0.15) is 5.56 Å². The fraction of sp³-hybridized carbons (Fsp3) is 0.118. The first-order chi connectivity index (χ1) is 11.4. The van der Waals surface area contributed by atoms with Crippen molar-refractivity contribution in [3.8, 4) is 0 Å². The van der Waals surface area contributed by atoms with Gasteiger partial charge in [0.2, 0.25) is 0 Å². The molecule has 122 valence electrons. The van der Waals surface area contributed by atoms with Crippen molar-refractivity contribution in [1.82, 2.24) is 0 Å². The van der Waals surface area contributed by atoms with E-state index in [4.69, 9.17) is 0 Å². The van der Waals surface area contributed by atoms with Gasteiger partial charge in [-0.25, -0.2) is 0 Å². The molecule has 1 heterocycles. The number of hydrazone groups is 1. The molecule has 0 fully saturated rings. The van der Waals surface area contributed by atoms with E-state index in [-0.39, 0.29) is 5.71 Å². The zero-order valence-corrected chi connectivity index (χ0v) is 12.2. The van der Waals surface area contributed by atoms with Crippen molar-refractivity contribution in [3.05, 3.63) is 66.2 Å². The van der Waals surface area contributed by atoms with Gasteiger partial charge in [-0.05, 0) is 17.7 Å². The van der Waals surface area contributed by atoms with E-state index in [0.717, 1.165) is 5.01 Å². The number of halogens is 3. The van der Waals surface area contributed by atoms with E-state index in [1.807, 2.05) is 0 Å². The summed E-state index contributed by atoms with van der Waals surface area (Å²) in [5.41, 5.74) is 0.395. The second-order valence-electron chi connectivity index (χ2n) is 5.13. The van der Waals surface area contributed by atoms with Crippen LogP contribution in [0.3, 0.4) is 0 Å². The number of carbonyl (C=O) groups is 2. The van der Waals surface area contributed by atoms with Crippen molar-refractivity contribution >= 4 is 23.1 Å². The van der Waals surface area contributed by atoms with Gasteiger partial charge in [-0.1, -0.05) is 48.5 Å². The number of benzene rings is 2. The summed E-state index contributed by atoms with van der Waals surface area (Å²) in [5, 5.41) is 4.85. The molecular formula is C17H11F3N2O2. The highest BCUT2D eigenvalue weighted by molar-refractivity contribution is 6.32. The second-order valence-corrected chi connectivity index (χ2v) is 5.13. The average Bonchev–Trinajstić information content (AvgIpc) is 2.92. The monoisotopic (exact) mass is 332 g/mol. The van der Waals surface area contributed by atoms with E-state index < -0.39 is 23.8 Å². The number of nitrogens with zero attached hydrogens (tertiary/aromatic N) is 2. The molecule has 2 aromatic carbocycles. The number of carbonyl (C=O) groups excluding carboxylic acids is 2. The average molecular weight is 332 g/mol. The Morgan fingerprint density at radius 1 is 0.958 bits per heavy atom. The number of para-hydroxylation sites is 1. The van der Waals surface area contributed by atoms with E-state index in [9.17, 15) is 22.8 Å². The molecule has 24 heavy (non-hydrogen) atoms. The number of hydrogen-bond acceptors (Lipinski definition) is 3. The lowest BCUT2D eigenvalue weighted by atomic mass is 9.92. The number of amides is 1. The van der Waals surface area contributed by atoms with Crippen molar-refractivity contribution in [2.75, 3.05) is 5.01 Å². The molecule has 1 amide bonds. The molecule has 0 aliphatic carbocycles. The first-order valence-electron chi connectivity index (χ1n) is 7.03. The lowest BCUT2D eigenvalue weighted by molar-refractivity contribution is -0.174. The van der Waals surface area contributed by atoms with Crippen LogP contribution < -0.4 is 5.01 Å². The topological polar surface area (TPSA) is 49.7 Å². The molecule has 3 rings (SSSR count). The third-order valence-electron chi connectivity index (χ3n) is 3.55. The van der Waals surface area contributed by atoms with Gasteiger partial charge in [0.05, 0.1) is 11.4 Å². The maximum Gasteiger partial charge on any atom is 0.451 e. The van der Waals surface area contributed by atoms with Gasteiger partial charge in [0.1, 0.15) is 0 Å². The molecule has 0 radical (unpaired) electrons.